The zero-order valence-corrected chi connectivity index (χ0v) is 39.8. The molecule has 0 heterocycles. The third-order valence-corrected chi connectivity index (χ3v) is 9.78. The zero-order chi connectivity index (χ0) is 38.1. The number of hydrogen-bond acceptors (Lipinski definition) is 16. The minimum Gasteiger partial charge on any atom is -0.511 e. The standard InChI is InChI=1S/4C9H16O2S2.Pt/c4*12-9(13)11-7-6-10-8-4-2-1-3-5-8;/h4*8H,1-7H2,(H,12,13);/q;;;;+4/p-4. The van der Waals surface area contributed by atoms with Crippen molar-refractivity contribution in [2.45, 2.75) is 153 Å². The summed E-state index contributed by atoms with van der Waals surface area (Å²) in [6.07, 6.45) is 27.1. The fraction of sp³-hybridized carbons (Fsp3) is 0.889. The molecule has 53 heavy (non-hydrogen) atoms. The van der Waals surface area contributed by atoms with Crippen LogP contribution in [-0.2, 0) is 109 Å². The first-order valence-electron chi connectivity index (χ1n) is 19.0. The molecule has 0 radical (unpaired) electrons. The molecule has 0 unspecified atom stereocenters. The van der Waals surface area contributed by atoms with Crippen LogP contribution < -0.4 is 0 Å². The van der Waals surface area contributed by atoms with Crippen LogP contribution in [0.3, 0.4) is 0 Å². The molecule has 4 aliphatic rings. The molecule has 0 N–H and O–H groups in total. The maximum atomic E-state index is 5.60. The quantitative estimate of drug-likeness (QED) is 0.0840. The fourth-order valence-corrected chi connectivity index (χ4v) is 6.95. The molecule has 0 atom stereocenters. The summed E-state index contributed by atoms with van der Waals surface area (Å²) in [6.45, 7) is 4.45. The molecule has 8 nitrogen and oxygen atoms in total. The monoisotopic (exact) mass is 1070 g/mol. The van der Waals surface area contributed by atoms with E-state index in [4.69, 9.17) is 37.9 Å². The van der Waals surface area contributed by atoms with E-state index in [2.05, 4.69) is 99.4 Å². The van der Waals surface area contributed by atoms with E-state index < -0.39 is 0 Å². The van der Waals surface area contributed by atoms with Crippen molar-refractivity contribution in [3.05, 3.63) is 0 Å². The van der Waals surface area contributed by atoms with Gasteiger partial charge in [-0.3, -0.25) is 0 Å². The van der Waals surface area contributed by atoms with E-state index in [-0.39, 0.29) is 38.6 Å². The van der Waals surface area contributed by atoms with Gasteiger partial charge in [0.25, 0.3) is 0 Å². The third-order valence-electron chi connectivity index (χ3n) is 8.84. The summed E-state index contributed by atoms with van der Waals surface area (Å²) < 4.78 is 43.0. The molecule has 0 aromatic heterocycles. The third kappa shape index (κ3) is 37.0. The van der Waals surface area contributed by atoms with Crippen LogP contribution in [0.1, 0.15) is 128 Å². The van der Waals surface area contributed by atoms with Crippen LogP contribution >= 0.6 is 48.9 Å². The molecule has 4 saturated carbocycles. The Labute approximate surface area is 378 Å². The molecule has 17 heteroatoms. The van der Waals surface area contributed by atoms with Gasteiger partial charge in [0.1, 0.15) is 26.4 Å². The van der Waals surface area contributed by atoms with Gasteiger partial charge in [0.15, 0.2) is 0 Å². The largest absolute Gasteiger partial charge is 4.00 e. The van der Waals surface area contributed by atoms with Gasteiger partial charge in [-0.1, -0.05) is 77.0 Å². The van der Waals surface area contributed by atoms with Crippen LogP contribution in [0.4, 0.5) is 0 Å². The molecular weight excluding hydrogens is 1010 g/mol. The van der Waals surface area contributed by atoms with Gasteiger partial charge in [-0.05, 0) is 51.4 Å². The smallest absolute Gasteiger partial charge is 0.511 e. The summed E-state index contributed by atoms with van der Waals surface area (Å²) in [5.74, 6) is 0. The maximum Gasteiger partial charge on any atom is 4.00 e. The maximum absolute atomic E-state index is 5.60. The van der Waals surface area contributed by atoms with Crippen LogP contribution in [0, 0.1) is 0 Å². The second-order valence-electron chi connectivity index (χ2n) is 12.9. The normalized spacial score (nSPS) is 18.1. The second-order valence-corrected chi connectivity index (χ2v) is 16.9. The zero-order valence-electron chi connectivity index (χ0n) is 31.0. The van der Waals surface area contributed by atoms with Crippen LogP contribution in [0.2, 0.25) is 0 Å². The number of rotatable bonds is 16. The number of thiocarbonyl (C=S) groups is 4. The van der Waals surface area contributed by atoms with E-state index in [9.17, 15) is 0 Å². The average Bonchev–Trinajstić information content (AvgIpc) is 3.15. The van der Waals surface area contributed by atoms with Gasteiger partial charge < -0.3 is 137 Å². The summed E-state index contributed by atoms with van der Waals surface area (Å²) in [5, 5.41) is 0. The van der Waals surface area contributed by atoms with E-state index in [1.807, 2.05) is 0 Å². The van der Waals surface area contributed by atoms with Gasteiger partial charge in [-0.2, -0.15) is 0 Å². The Morgan fingerprint density at radius 2 is 0.491 bits per heavy atom. The van der Waals surface area contributed by atoms with Crippen LogP contribution in [0.15, 0.2) is 0 Å². The van der Waals surface area contributed by atoms with Crippen LogP contribution in [0.5, 0.6) is 0 Å². The van der Waals surface area contributed by atoms with Crippen molar-refractivity contribution in [1.82, 2.24) is 0 Å². The van der Waals surface area contributed by atoms with Gasteiger partial charge in [-0.15, -0.1) is 0 Å². The molecule has 4 rings (SSSR count). The molecule has 0 aromatic carbocycles. The summed E-state index contributed by atoms with van der Waals surface area (Å²) in [4.78, 5) is 0. The summed E-state index contributed by atoms with van der Waals surface area (Å²) in [7, 11) is 0. The fourth-order valence-electron chi connectivity index (χ4n) is 6.29. The predicted molar refractivity (Wildman–Crippen MR) is 235 cm³/mol. The molecule has 4 aliphatic carbocycles. The predicted octanol–water partition coefficient (Wildman–Crippen LogP) is 8.73. The van der Waals surface area contributed by atoms with Crippen molar-refractivity contribution >= 4 is 117 Å². The number of ether oxygens (including phenoxy) is 8. The molecule has 310 valence electrons. The minimum absolute atomic E-state index is 0. The molecule has 0 spiro atoms. The topological polar surface area (TPSA) is 73.8 Å². The SMILES string of the molecule is S=C([S-])OCCOC1CCCCC1.S=C([S-])OCCOC1CCCCC1.S=C([S-])OCCOC1CCCCC1.S=C([S-])OCCOC1CCCCC1.[Pt+4]. The van der Waals surface area contributed by atoms with Crippen molar-refractivity contribution in [3.8, 4) is 0 Å². The van der Waals surface area contributed by atoms with Crippen molar-refractivity contribution in [2.24, 2.45) is 0 Å². The second kappa shape index (κ2) is 38.5. The van der Waals surface area contributed by atoms with Crippen molar-refractivity contribution in [1.29, 1.82) is 0 Å². The van der Waals surface area contributed by atoms with E-state index in [1.165, 1.54) is 128 Å². The minimum atomic E-state index is 0. The Hall–Kier alpha value is 0.968. The van der Waals surface area contributed by atoms with Crippen molar-refractivity contribution < 1.29 is 59.0 Å². The van der Waals surface area contributed by atoms with E-state index in [1.54, 1.807) is 0 Å². The Kier molecular flexibility index (Phi) is 39.2. The first-order chi connectivity index (χ1) is 25.2. The van der Waals surface area contributed by atoms with Gasteiger partial charge in [-0.25, -0.2) is 0 Å². The Morgan fingerprint density at radius 3 is 0.642 bits per heavy atom. The van der Waals surface area contributed by atoms with Gasteiger partial charge in [0.2, 0.25) is 0 Å². The Bertz CT molecular complexity index is 774. The van der Waals surface area contributed by atoms with Gasteiger partial charge in [0, 0.05) is 17.5 Å². The average molecular weight is 1070 g/mol. The van der Waals surface area contributed by atoms with Crippen LogP contribution in [-0.4, -0.2) is 94.8 Å². The first-order valence-corrected chi connectivity index (χ1v) is 22.2. The molecule has 0 amide bonds. The van der Waals surface area contributed by atoms with Crippen molar-refractivity contribution in [3.63, 3.8) is 0 Å². The Morgan fingerprint density at radius 1 is 0.321 bits per heavy atom. The molecule has 0 bridgehead atoms. The van der Waals surface area contributed by atoms with Crippen LogP contribution in [0.25, 0.3) is 0 Å². The number of hydrogen-bond donors (Lipinski definition) is 0. The Balaban J connectivity index is 0.000000676. The van der Waals surface area contributed by atoms with E-state index in [0.29, 0.717) is 77.3 Å². The summed E-state index contributed by atoms with van der Waals surface area (Å²) >= 11 is 36.8. The van der Waals surface area contributed by atoms with Gasteiger partial charge >= 0.3 is 21.1 Å². The van der Waals surface area contributed by atoms with Gasteiger partial charge in [0.05, 0.1) is 50.8 Å². The van der Waals surface area contributed by atoms with E-state index in [0.717, 1.165) is 0 Å². The molecule has 0 saturated heterocycles. The molecule has 0 aliphatic heterocycles. The summed E-state index contributed by atoms with van der Waals surface area (Å²) in [6, 6.07) is 0. The summed E-state index contributed by atoms with van der Waals surface area (Å²) in [5.41, 5.74) is 0. The van der Waals surface area contributed by atoms with E-state index >= 15 is 0 Å². The molecule has 4 fully saturated rings. The molecule has 0 aromatic rings. The van der Waals surface area contributed by atoms with Crippen molar-refractivity contribution in [2.75, 3.05) is 52.9 Å². The first kappa shape index (κ1) is 54.0. The molecular formula is C36H60O8PtS8.